The summed E-state index contributed by atoms with van der Waals surface area (Å²) in [5, 5.41) is 9.50. The fraction of sp³-hybridized carbons (Fsp3) is 0.600. The van der Waals surface area contributed by atoms with E-state index < -0.39 is 17.7 Å². The Bertz CT molecular complexity index is 355. The fourth-order valence-corrected chi connectivity index (χ4v) is 2.21. The maximum atomic E-state index is 11.5. The summed E-state index contributed by atoms with van der Waals surface area (Å²) in [6.07, 6.45) is -0.432. The fourth-order valence-electron chi connectivity index (χ4n) is 2.21. The number of carbonyl (C=O) groups is 2. The van der Waals surface area contributed by atoms with Crippen LogP contribution in [0, 0.1) is 5.41 Å². The Morgan fingerprint density at radius 3 is 2.79 bits per heavy atom. The number of cyclic esters (lactones) is 1. The third-order valence-corrected chi connectivity index (χ3v) is 3.18. The molecule has 0 aromatic carbocycles. The van der Waals surface area contributed by atoms with Crippen molar-refractivity contribution in [3.05, 3.63) is 11.1 Å². The number of allylic oxidation sites excluding steroid dienone is 1. The molecule has 2 rings (SSSR count). The highest BCUT2D eigenvalue weighted by Crippen LogP contribution is 2.46. The van der Waals surface area contributed by atoms with Gasteiger partial charge in [-0.2, -0.15) is 0 Å². The first-order chi connectivity index (χ1) is 6.47. The minimum absolute atomic E-state index is 0.00479. The molecule has 1 saturated heterocycles. The second kappa shape index (κ2) is 2.67. The van der Waals surface area contributed by atoms with E-state index in [4.69, 9.17) is 4.74 Å². The quantitative estimate of drug-likeness (QED) is 0.574. The molecule has 4 nitrogen and oxygen atoms in total. The lowest BCUT2D eigenvalue weighted by molar-refractivity contribution is -0.157. The number of carbonyl (C=O) groups excluding carboxylic acids is 2. The summed E-state index contributed by atoms with van der Waals surface area (Å²) in [7, 11) is 0. The maximum Gasteiger partial charge on any atom is 0.318 e. The van der Waals surface area contributed by atoms with Gasteiger partial charge in [-0.15, -0.1) is 0 Å². The van der Waals surface area contributed by atoms with E-state index in [1.807, 2.05) is 0 Å². The Balaban J connectivity index is 2.59. The van der Waals surface area contributed by atoms with Crippen LogP contribution >= 0.6 is 0 Å². The van der Waals surface area contributed by atoms with Crippen LogP contribution in [-0.2, 0) is 14.3 Å². The lowest BCUT2D eigenvalue weighted by atomic mass is 9.72. The molecule has 2 atom stereocenters. The van der Waals surface area contributed by atoms with Crippen molar-refractivity contribution in [2.24, 2.45) is 5.41 Å². The van der Waals surface area contributed by atoms with E-state index in [2.05, 4.69) is 0 Å². The zero-order valence-corrected chi connectivity index (χ0v) is 8.16. The number of ether oxygens (including phenoxy) is 1. The molecule has 1 unspecified atom stereocenters. The first-order valence-corrected chi connectivity index (χ1v) is 4.60. The Morgan fingerprint density at radius 1 is 1.50 bits per heavy atom. The van der Waals surface area contributed by atoms with Crippen LogP contribution in [0.1, 0.15) is 26.7 Å². The van der Waals surface area contributed by atoms with Gasteiger partial charge in [0, 0.05) is 12.0 Å². The first kappa shape index (κ1) is 9.40. The molecule has 0 radical (unpaired) electrons. The molecule has 4 heteroatoms. The number of hydrogen-bond donors (Lipinski definition) is 1. The molecule has 0 aromatic heterocycles. The SMILES string of the molecule is CC1=C2C(O)OC(=O)[C@]2(C)CCC1=O. The van der Waals surface area contributed by atoms with Crippen molar-refractivity contribution in [2.75, 3.05) is 0 Å². The summed E-state index contributed by atoms with van der Waals surface area (Å²) in [6, 6.07) is 0. The average molecular weight is 196 g/mol. The monoisotopic (exact) mass is 196 g/mol. The zero-order valence-electron chi connectivity index (χ0n) is 8.16. The van der Waals surface area contributed by atoms with E-state index in [1.165, 1.54) is 0 Å². The van der Waals surface area contributed by atoms with Crippen molar-refractivity contribution in [1.82, 2.24) is 0 Å². The summed E-state index contributed by atoms with van der Waals surface area (Å²) in [5.41, 5.74) is 0.160. The first-order valence-electron chi connectivity index (χ1n) is 4.60. The number of ketones is 1. The molecule has 14 heavy (non-hydrogen) atoms. The Kier molecular flexibility index (Phi) is 1.79. The van der Waals surface area contributed by atoms with Crippen LogP contribution in [-0.4, -0.2) is 23.1 Å². The number of fused-ring (bicyclic) bond motifs is 1. The zero-order chi connectivity index (χ0) is 10.5. The third kappa shape index (κ3) is 0.973. The lowest BCUT2D eigenvalue weighted by Crippen LogP contribution is -2.31. The van der Waals surface area contributed by atoms with Crippen molar-refractivity contribution in [3.8, 4) is 0 Å². The molecule has 0 amide bonds. The van der Waals surface area contributed by atoms with E-state index >= 15 is 0 Å². The van der Waals surface area contributed by atoms with Gasteiger partial charge < -0.3 is 9.84 Å². The largest absolute Gasteiger partial charge is 0.431 e. The maximum absolute atomic E-state index is 11.5. The standard InChI is InChI=1S/C10H12O4/c1-5-6(11)3-4-10(2)7(5)8(12)14-9(10)13/h8,12H,3-4H2,1-2H3/t8?,10-/m1/s1. The number of rotatable bonds is 0. The summed E-state index contributed by atoms with van der Waals surface area (Å²) in [5.74, 6) is -0.429. The highest BCUT2D eigenvalue weighted by molar-refractivity contribution is 6.00. The van der Waals surface area contributed by atoms with Gasteiger partial charge in [0.2, 0.25) is 6.29 Å². The Labute approximate surface area is 81.6 Å². The van der Waals surface area contributed by atoms with E-state index in [-0.39, 0.29) is 5.78 Å². The van der Waals surface area contributed by atoms with E-state index in [9.17, 15) is 14.7 Å². The van der Waals surface area contributed by atoms with Crippen LogP contribution in [0.2, 0.25) is 0 Å². The van der Waals surface area contributed by atoms with Gasteiger partial charge in [0.15, 0.2) is 5.78 Å². The second-order valence-electron chi connectivity index (χ2n) is 4.05. The third-order valence-electron chi connectivity index (χ3n) is 3.18. The van der Waals surface area contributed by atoms with Crippen molar-refractivity contribution in [2.45, 2.75) is 33.0 Å². The molecule has 0 saturated carbocycles. The average Bonchev–Trinajstić information content (AvgIpc) is 2.33. The molecule has 0 aromatic rings. The molecule has 0 bridgehead atoms. The van der Waals surface area contributed by atoms with E-state index in [0.29, 0.717) is 24.0 Å². The Hall–Kier alpha value is -1.16. The van der Waals surface area contributed by atoms with Gasteiger partial charge in [0.25, 0.3) is 0 Å². The molecule has 1 fully saturated rings. The molecular weight excluding hydrogens is 184 g/mol. The van der Waals surface area contributed by atoms with Crippen LogP contribution in [0.5, 0.6) is 0 Å². The number of Topliss-reactive ketones (excluding diaryl/α,β-unsaturated/α-hetero) is 1. The molecule has 1 N–H and O–H groups in total. The molecule has 1 heterocycles. The summed E-state index contributed by atoms with van der Waals surface area (Å²) >= 11 is 0. The molecule has 1 aliphatic heterocycles. The minimum Gasteiger partial charge on any atom is -0.431 e. The van der Waals surface area contributed by atoms with Crippen molar-refractivity contribution in [3.63, 3.8) is 0 Å². The molecule has 76 valence electrons. The highest BCUT2D eigenvalue weighted by atomic mass is 16.6. The summed E-state index contributed by atoms with van der Waals surface area (Å²) in [6.45, 7) is 3.36. The predicted octanol–water partition coefficient (Wildman–Crippen LogP) is 0.547. The summed E-state index contributed by atoms with van der Waals surface area (Å²) < 4.78 is 4.74. The molecule has 1 aliphatic carbocycles. The van der Waals surface area contributed by atoms with E-state index in [1.54, 1.807) is 13.8 Å². The number of esters is 1. The van der Waals surface area contributed by atoms with Crippen LogP contribution < -0.4 is 0 Å². The lowest BCUT2D eigenvalue weighted by Gasteiger charge is -2.26. The van der Waals surface area contributed by atoms with Gasteiger partial charge in [-0.1, -0.05) is 0 Å². The Morgan fingerprint density at radius 2 is 2.14 bits per heavy atom. The normalized spacial score (nSPS) is 37.2. The van der Waals surface area contributed by atoms with Crippen LogP contribution in [0.25, 0.3) is 0 Å². The highest BCUT2D eigenvalue weighted by Gasteiger charge is 2.52. The van der Waals surface area contributed by atoms with Gasteiger partial charge >= 0.3 is 5.97 Å². The number of hydrogen-bond acceptors (Lipinski definition) is 4. The summed E-state index contributed by atoms with van der Waals surface area (Å²) in [4.78, 5) is 22.9. The minimum atomic E-state index is -1.23. The van der Waals surface area contributed by atoms with Gasteiger partial charge in [0.05, 0.1) is 5.41 Å². The van der Waals surface area contributed by atoms with Gasteiger partial charge in [-0.3, -0.25) is 9.59 Å². The number of aliphatic hydroxyl groups excluding tert-OH is 1. The topological polar surface area (TPSA) is 63.6 Å². The molecule has 0 spiro atoms. The van der Waals surface area contributed by atoms with Crippen LogP contribution in [0.3, 0.4) is 0 Å². The van der Waals surface area contributed by atoms with E-state index in [0.717, 1.165) is 0 Å². The predicted molar refractivity (Wildman–Crippen MR) is 47.1 cm³/mol. The van der Waals surface area contributed by atoms with Crippen molar-refractivity contribution < 1.29 is 19.4 Å². The smallest absolute Gasteiger partial charge is 0.318 e. The molecular formula is C10H12O4. The molecule has 2 aliphatic rings. The van der Waals surface area contributed by atoms with Gasteiger partial charge in [0.1, 0.15) is 0 Å². The van der Waals surface area contributed by atoms with Gasteiger partial charge in [-0.05, 0) is 25.8 Å². The van der Waals surface area contributed by atoms with Crippen molar-refractivity contribution in [1.29, 1.82) is 0 Å². The van der Waals surface area contributed by atoms with Crippen LogP contribution in [0.15, 0.2) is 11.1 Å². The second-order valence-corrected chi connectivity index (χ2v) is 4.05. The van der Waals surface area contributed by atoms with Crippen molar-refractivity contribution >= 4 is 11.8 Å². The number of aliphatic hydroxyl groups is 1. The van der Waals surface area contributed by atoms with Gasteiger partial charge in [-0.25, -0.2) is 0 Å². The van der Waals surface area contributed by atoms with Crippen LogP contribution in [0.4, 0.5) is 0 Å².